The molecular formula is C21H16ClNO2S2. The van der Waals surface area contributed by atoms with Gasteiger partial charge in [-0.05, 0) is 42.2 Å². The summed E-state index contributed by atoms with van der Waals surface area (Å²) >= 11 is 7.36. The van der Waals surface area contributed by atoms with Crippen LogP contribution in [0.5, 0.6) is 0 Å². The van der Waals surface area contributed by atoms with Crippen molar-refractivity contribution in [1.82, 2.24) is 3.97 Å². The maximum absolute atomic E-state index is 13.5. The summed E-state index contributed by atoms with van der Waals surface area (Å²) in [7, 11) is -3.78. The molecule has 1 aromatic heterocycles. The molecule has 0 aliphatic heterocycles. The van der Waals surface area contributed by atoms with Crippen molar-refractivity contribution in [2.75, 3.05) is 6.26 Å². The lowest BCUT2D eigenvalue weighted by molar-refractivity contribution is 0.585. The van der Waals surface area contributed by atoms with Crippen LogP contribution < -0.4 is 0 Å². The van der Waals surface area contributed by atoms with Crippen LogP contribution in [0.25, 0.3) is 22.0 Å². The molecular weight excluding hydrogens is 398 g/mol. The topological polar surface area (TPSA) is 39.1 Å². The number of hydrogen-bond acceptors (Lipinski definition) is 3. The Labute approximate surface area is 167 Å². The lowest BCUT2D eigenvalue weighted by atomic mass is 10.1. The number of thioether (sulfide) groups is 1. The van der Waals surface area contributed by atoms with Crippen molar-refractivity contribution < 1.29 is 8.42 Å². The molecule has 4 aromatic rings. The average molecular weight is 414 g/mol. The Kier molecular flexibility index (Phi) is 4.76. The van der Waals surface area contributed by atoms with Gasteiger partial charge in [-0.1, -0.05) is 60.1 Å². The van der Waals surface area contributed by atoms with Gasteiger partial charge >= 0.3 is 0 Å². The second-order valence-electron chi connectivity index (χ2n) is 5.99. The van der Waals surface area contributed by atoms with E-state index < -0.39 is 10.0 Å². The van der Waals surface area contributed by atoms with Gasteiger partial charge in [0.25, 0.3) is 10.0 Å². The zero-order valence-corrected chi connectivity index (χ0v) is 16.9. The molecule has 0 bridgehead atoms. The number of fused-ring (bicyclic) bond motifs is 1. The molecule has 0 spiro atoms. The number of aromatic nitrogens is 1. The number of benzene rings is 3. The van der Waals surface area contributed by atoms with E-state index in [9.17, 15) is 8.42 Å². The molecule has 0 radical (unpaired) electrons. The van der Waals surface area contributed by atoms with Gasteiger partial charge in [0.15, 0.2) is 0 Å². The monoisotopic (exact) mass is 413 g/mol. The minimum Gasteiger partial charge on any atom is -0.227 e. The number of hydrogen-bond donors (Lipinski definition) is 0. The van der Waals surface area contributed by atoms with Crippen molar-refractivity contribution in [1.29, 1.82) is 0 Å². The summed E-state index contributed by atoms with van der Waals surface area (Å²) in [6.07, 6.45) is 1.90. The fraction of sp³-hybridized carbons (Fsp3) is 0.0476. The summed E-state index contributed by atoms with van der Waals surface area (Å²) in [6, 6.07) is 23.7. The smallest absolute Gasteiger partial charge is 0.227 e. The molecule has 0 aliphatic carbocycles. The van der Waals surface area contributed by atoms with Gasteiger partial charge in [-0.15, -0.1) is 11.8 Å². The van der Waals surface area contributed by atoms with Crippen molar-refractivity contribution in [2.24, 2.45) is 0 Å². The van der Waals surface area contributed by atoms with E-state index in [1.165, 1.54) is 15.7 Å². The largest absolute Gasteiger partial charge is 0.269 e. The molecule has 1 heterocycles. The second-order valence-corrected chi connectivity index (χ2v) is 9.01. The minimum absolute atomic E-state index is 0.211. The maximum Gasteiger partial charge on any atom is 0.269 e. The van der Waals surface area contributed by atoms with Gasteiger partial charge in [0.2, 0.25) is 0 Å². The molecule has 0 atom stereocenters. The summed E-state index contributed by atoms with van der Waals surface area (Å²) in [5.41, 5.74) is 2.58. The van der Waals surface area contributed by atoms with Crippen LogP contribution in [0.4, 0.5) is 0 Å². The lowest BCUT2D eigenvalue weighted by Crippen LogP contribution is -2.13. The van der Waals surface area contributed by atoms with Crippen LogP contribution in [-0.2, 0) is 10.0 Å². The fourth-order valence-corrected chi connectivity index (χ4v) is 5.97. The van der Waals surface area contributed by atoms with E-state index in [2.05, 4.69) is 0 Å². The van der Waals surface area contributed by atoms with E-state index in [4.69, 9.17) is 11.6 Å². The molecule has 0 saturated carbocycles. The van der Waals surface area contributed by atoms with Gasteiger partial charge in [-0.3, -0.25) is 0 Å². The highest BCUT2D eigenvalue weighted by Crippen LogP contribution is 2.41. The van der Waals surface area contributed by atoms with E-state index >= 15 is 0 Å². The van der Waals surface area contributed by atoms with Crippen LogP contribution in [0, 0.1) is 0 Å². The maximum atomic E-state index is 13.5. The quantitative estimate of drug-likeness (QED) is 0.390. The first kappa shape index (κ1) is 18.2. The predicted octanol–water partition coefficient (Wildman–Crippen LogP) is 5.92. The van der Waals surface area contributed by atoms with Gasteiger partial charge in [-0.2, -0.15) is 0 Å². The zero-order valence-electron chi connectivity index (χ0n) is 14.5. The summed E-state index contributed by atoms with van der Waals surface area (Å²) in [5.74, 6) is 0. The molecule has 0 N–H and O–H groups in total. The number of halogens is 1. The SMILES string of the molecule is CSc1c(-c2ccccc2)c2ccccc2n1S(=O)(=O)c1ccc(Cl)cc1. The van der Waals surface area contributed by atoms with E-state index in [0.29, 0.717) is 15.6 Å². The van der Waals surface area contributed by atoms with E-state index in [1.54, 1.807) is 24.3 Å². The molecule has 27 heavy (non-hydrogen) atoms. The highest BCUT2D eigenvalue weighted by molar-refractivity contribution is 7.99. The zero-order chi connectivity index (χ0) is 19.0. The van der Waals surface area contributed by atoms with Crippen molar-refractivity contribution in [2.45, 2.75) is 9.92 Å². The minimum atomic E-state index is -3.78. The molecule has 0 saturated heterocycles. The average Bonchev–Trinajstić information content (AvgIpc) is 3.04. The summed E-state index contributed by atoms with van der Waals surface area (Å²) in [6.45, 7) is 0. The first-order chi connectivity index (χ1) is 13.0. The molecule has 0 fully saturated rings. The molecule has 3 aromatic carbocycles. The van der Waals surface area contributed by atoms with Gasteiger partial charge in [0.1, 0.15) is 0 Å². The van der Waals surface area contributed by atoms with Crippen molar-refractivity contribution in [3.8, 4) is 11.1 Å². The number of para-hydroxylation sites is 1. The molecule has 0 unspecified atom stereocenters. The number of nitrogens with zero attached hydrogens (tertiary/aromatic N) is 1. The van der Waals surface area contributed by atoms with Gasteiger partial charge in [0, 0.05) is 16.0 Å². The Bertz CT molecular complexity index is 1210. The summed E-state index contributed by atoms with van der Waals surface area (Å²) in [4.78, 5) is 0.211. The first-order valence-electron chi connectivity index (χ1n) is 8.28. The molecule has 3 nitrogen and oxygen atoms in total. The predicted molar refractivity (Wildman–Crippen MR) is 113 cm³/mol. The van der Waals surface area contributed by atoms with Crippen LogP contribution in [0.15, 0.2) is 88.8 Å². The van der Waals surface area contributed by atoms with Crippen molar-refractivity contribution in [3.05, 3.63) is 83.9 Å². The van der Waals surface area contributed by atoms with Crippen LogP contribution in [0.3, 0.4) is 0 Å². The van der Waals surface area contributed by atoms with Gasteiger partial charge in [0.05, 0.1) is 15.4 Å². The van der Waals surface area contributed by atoms with Gasteiger partial charge in [-0.25, -0.2) is 12.4 Å². The van der Waals surface area contributed by atoms with Gasteiger partial charge < -0.3 is 0 Å². The first-order valence-corrected chi connectivity index (χ1v) is 11.3. The highest BCUT2D eigenvalue weighted by Gasteiger charge is 2.27. The lowest BCUT2D eigenvalue weighted by Gasteiger charge is -2.12. The van der Waals surface area contributed by atoms with E-state index in [0.717, 1.165) is 16.5 Å². The normalized spacial score (nSPS) is 11.8. The Balaban J connectivity index is 2.09. The Morgan fingerprint density at radius 1 is 0.852 bits per heavy atom. The van der Waals surface area contributed by atoms with Crippen molar-refractivity contribution in [3.63, 3.8) is 0 Å². The fourth-order valence-electron chi connectivity index (χ4n) is 3.21. The Hall–Kier alpha value is -2.21. The summed E-state index contributed by atoms with van der Waals surface area (Å²) < 4.78 is 28.4. The molecule has 0 aliphatic rings. The van der Waals surface area contributed by atoms with E-state index in [-0.39, 0.29) is 4.90 Å². The Morgan fingerprint density at radius 2 is 1.48 bits per heavy atom. The van der Waals surface area contributed by atoms with Crippen LogP contribution in [-0.4, -0.2) is 18.6 Å². The van der Waals surface area contributed by atoms with Crippen LogP contribution in [0.2, 0.25) is 5.02 Å². The van der Waals surface area contributed by atoms with Crippen molar-refractivity contribution >= 4 is 44.3 Å². The van der Waals surface area contributed by atoms with E-state index in [1.807, 2.05) is 60.9 Å². The standard InChI is InChI=1S/C21H16ClNO2S2/c1-26-21-20(15-7-3-2-4-8-15)18-9-5-6-10-19(18)23(21)27(24,25)17-13-11-16(22)12-14-17/h2-14H,1H3. The number of rotatable bonds is 4. The third kappa shape index (κ3) is 3.06. The third-order valence-corrected chi connectivity index (χ3v) is 7.27. The Morgan fingerprint density at radius 3 is 2.15 bits per heavy atom. The molecule has 6 heteroatoms. The second kappa shape index (κ2) is 7.08. The highest BCUT2D eigenvalue weighted by atomic mass is 35.5. The molecule has 136 valence electrons. The summed E-state index contributed by atoms with van der Waals surface area (Å²) in [5, 5.41) is 2.10. The van der Waals surface area contributed by atoms with Crippen LogP contribution in [0.1, 0.15) is 0 Å². The molecule has 0 amide bonds. The third-order valence-electron chi connectivity index (χ3n) is 4.40. The van der Waals surface area contributed by atoms with Crippen LogP contribution >= 0.6 is 23.4 Å². The molecule has 4 rings (SSSR count).